The second kappa shape index (κ2) is 14.9. The van der Waals surface area contributed by atoms with E-state index in [9.17, 15) is 29.1 Å². The molecule has 1 fully saturated rings. The summed E-state index contributed by atoms with van der Waals surface area (Å²) < 4.78 is 6.14. The highest BCUT2D eigenvalue weighted by atomic mass is 16.5. The van der Waals surface area contributed by atoms with Crippen molar-refractivity contribution in [2.45, 2.75) is 63.2 Å². The first kappa shape index (κ1) is 33.1. The monoisotopic (exact) mass is 641 g/mol. The molecule has 246 valence electrons. The van der Waals surface area contributed by atoms with Crippen LogP contribution in [0, 0.1) is 0 Å². The first-order valence-corrected chi connectivity index (χ1v) is 15.7. The molecule has 0 aliphatic carbocycles. The third-order valence-electron chi connectivity index (χ3n) is 8.62. The highest BCUT2D eigenvalue weighted by Gasteiger charge is 2.35. The number of nitrogens with one attached hydrogen (secondary N) is 2. The first-order valence-electron chi connectivity index (χ1n) is 15.7. The maximum absolute atomic E-state index is 13.9. The Labute approximate surface area is 273 Å². The number of carboxylic acid groups (broad SMARTS) is 1. The molecule has 4 bridgehead atoms. The van der Waals surface area contributed by atoms with Crippen molar-refractivity contribution in [1.82, 2.24) is 25.4 Å². The Bertz CT molecular complexity index is 1630. The highest BCUT2D eigenvalue weighted by molar-refractivity contribution is 5.99. The molecule has 12 heteroatoms. The van der Waals surface area contributed by atoms with Crippen molar-refractivity contribution in [3.8, 4) is 16.9 Å². The van der Waals surface area contributed by atoms with Crippen LogP contribution in [0.1, 0.15) is 48.5 Å². The van der Waals surface area contributed by atoms with Gasteiger partial charge in [0.2, 0.25) is 17.7 Å². The van der Waals surface area contributed by atoms with E-state index in [0.717, 1.165) is 24.0 Å². The Morgan fingerprint density at radius 2 is 1.72 bits per heavy atom. The smallest absolute Gasteiger partial charge is 0.303 e. The van der Waals surface area contributed by atoms with Crippen LogP contribution in [0.4, 0.5) is 0 Å². The number of ether oxygens (including phenoxy) is 1. The number of aliphatic carboxylic acids is 1. The number of likely N-dealkylation sites (N-methyl/N-ethyl adjacent to an activating group) is 1. The number of carbonyl (C=O) groups is 5. The van der Waals surface area contributed by atoms with Crippen molar-refractivity contribution >= 4 is 29.6 Å². The lowest BCUT2D eigenvalue weighted by atomic mass is 10.0. The third-order valence-corrected chi connectivity index (χ3v) is 8.62. The Morgan fingerprint density at radius 3 is 2.49 bits per heavy atom. The molecule has 3 N–H and O–H groups in total. The fourth-order valence-corrected chi connectivity index (χ4v) is 6.03. The van der Waals surface area contributed by atoms with Crippen LogP contribution in [0.15, 0.2) is 73.1 Å². The van der Waals surface area contributed by atoms with Crippen molar-refractivity contribution < 1.29 is 33.8 Å². The van der Waals surface area contributed by atoms with Crippen molar-refractivity contribution in [1.29, 1.82) is 0 Å². The largest absolute Gasteiger partial charge is 0.491 e. The van der Waals surface area contributed by atoms with E-state index in [4.69, 9.17) is 4.74 Å². The van der Waals surface area contributed by atoms with E-state index in [1.807, 2.05) is 54.6 Å². The first-order chi connectivity index (χ1) is 22.6. The van der Waals surface area contributed by atoms with Gasteiger partial charge in [0.25, 0.3) is 5.91 Å². The Kier molecular flexibility index (Phi) is 10.5. The van der Waals surface area contributed by atoms with Gasteiger partial charge in [0.05, 0.1) is 11.6 Å². The summed E-state index contributed by atoms with van der Waals surface area (Å²) in [5.74, 6) is -2.63. The zero-order valence-corrected chi connectivity index (χ0v) is 26.4. The van der Waals surface area contributed by atoms with Gasteiger partial charge >= 0.3 is 5.97 Å². The maximum Gasteiger partial charge on any atom is 0.303 e. The molecule has 1 aromatic heterocycles. The number of hydrogen-bond acceptors (Lipinski definition) is 7. The van der Waals surface area contributed by atoms with E-state index in [2.05, 4.69) is 15.6 Å². The van der Waals surface area contributed by atoms with Crippen LogP contribution >= 0.6 is 0 Å². The minimum atomic E-state index is -1.22. The van der Waals surface area contributed by atoms with Crippen molar-refractivity contribution in [3.05, 3.63) is 84.2 Å². The molecule has 0 radical (unpaired) electrons. The van der Waals surface area contributed by atoms with Gasteiger partial charge in [-0.2, -0.15) is 0 Å². The van der Waals surface area contributed by atoms with Gasteiger partial charge in [-0.3, -0.25) is 29.0 Å². The minimum Gasteiger partial charge on any atom is -0.491 e. The molecule has 2 aromatic carbocycles. The molecular formula is C35H39N5O7. The van der Waals surface area contributed by atoms with E-state index >= 15 is 0 Å². The summed E-state index contributed by atoms with van der Waals surface area (Å²) in [6.07, 6.45) is 4.07. The number of hydrogen-bond donors (Lipinski definition) is 3. The van der Waals surface area contributed by atoms with Crippen LogP contribution in [0.2, 0.25) is 0 Å². The van der Waals surface area contributed by atoms with Crippen LogP contribution in [0.25, 0.3) is 11.1 Å². The molecule has 3 aromatic rings. The predicted molar refractivity (Wildman–Crippen MR) is 172 cm³/mol. The molecule has 5 rings (SSSR count). The van der Waals surface area contributed by atoms with Crippen LogP contribution < -0.4 is 15.4 Å². The van der Waals surface area contributed by atoms with Crippen molar-refractivity contribution in [3.63, 3.8) is 0 Å². The summed E-state index contributed by atoms with van der Waals surface area (Å²) in [5, 5.41) is 15.0. The molecule has 4 amide bonds. The van der Waals surface area contributed by atoms with Gasteiger partial charge in [-0.1, -0.05) is 42.5 Å². The van der Waals surface area contributed by atoms with E-state index < -0.39 is 48.2 Å². The lowest BCUT2D eigenvalue weighted by Crippen LogP contribution is -2.57. The fraction of sp³-hybridized carbons (Fsp3) is 0.371. The van der Waals surface area contributed by atoms with Crippen molar-refractivity contribution in [2.24, 2.45) is 0 Å². The fourth-order valence-electron chi connectivity index (χ4n) is 6.03. The topological polar surface area (TPSA) is 158 Å². The van der Waals surface area contributed by atoms with Gasteiger partial charge in [0.1, 0.15) is 30.5 Å². The van der Waals surface area contributed by atoms with Gasteiger partial charge in [-0.25, -0.2) is 0 Å². The molecule has 2 aliphatic rings. The standard InChI is InChI=1S/C35H39N5O7/c1-22-34(45)40-15-7-11-27(40)21-47-28-12-6-10-24(18-28)25-17-26(20-36-19-25)35(46)39(2)30(13-14-31(41)42)33(44)38-29(32(43)37-22)16-23-8-4-3-5-9-23/h3-6,8-10,12,17-20,22,27,29-30H,7,11,13-16,21H2,1-2H3,(H,37,43)(H,38,44)(H,41,42)/t22-,27-,29+,30-/m0/s1. The summed E-state index contributed by atoms with van der Waals surface area (Å²) in [7, 11) is 1.42. The number of carbonyl (C=O) groups excluding carboxylic acids is 4. The number of aromatic nitrogens is 1. The Morgan fingerprint density at radius 1 is 0.957 bits per heavy atom. The summed E-state index contributed by atoms with van der Waals surface area (Å²) in [5.41, 5.74) is 2.35. The quantitative estimate of drug-likeness (QED) is 0.384. The number of benzene rings is 2. The second-order valence-corrected chi connectivity index (χ2v) is 12.0. The summed E-state index contributed by atoms with van der Waals surface area (Å²) in [6, 6.07) is 14.6. The number of pyridine rings is 1. The number of rotatable bonds is 5. The van der Waals surface area contributed by atoms with E-state index in [1.165, 1.54) is 18.1 Å². The zero-order valence-electron chi connectivity index (χ0n) is 26.4. The second-order valence-electron chi connectivity index (χ2n) is 12.0. The third kappa shape index (κ3) is 8.13. The van der Waals surface area contributed by atoms with Gasteiger partial charge < -0.3 is 30.3 Å². The number of fused-ring (bicyclic) bond motifs is 6. The van der Waals surface area contributed by atoms with E-state index in [1.54, 1.807) is 24.1 Å². The number of nitrogens with zero attached hydrogens (tertiary/aromatic N) is 3. The van der Waals surface area contributed by atoms with Gasteiger partial charge in [-0.05, 0) is 55.5 Å². The normalized spacial score (nSPS) is 22.5. The van der Waals surface area contributed by atoms with Gasteiger partial charge in [-0.15, -0.1) is 0 Å². The van der Waals surface area contributed by atoms with Crippen LogP contribution in [-0.2, 0) is 25.6 Å². The molecule has 0 unspecified atom stereocenters. The highest BCUT2D eigenvalue weighted by Crippen LogP contribution is 2.26. The lowest BCUT2D eigenvalue weighted by Gasteiger charge is -2.30. The summed E-state index contributed by atoms with van der Waals surface area (Å²) >= 11 is 0. The van der Waals surface area contributed by atoms with Crippen LogP contribution in [0.3, 0.4) is 0 Å². The predicted octanol–water partition coefficient (Wildman–Crippen LogP) is 2.67. The maximum atomic E-state index is 13.9. The molecule has 0 spiro atoms. The van der Waals surface area contributed by atoms with E-state index in [0.29, 0.717) is 17.9 Å². The average Bonchev–Trinajstić information content (AvgIpc) is 3.55. The van der Waals surface area contributed by atoms with Crippen LogP contribution in [-0.4, -0.2) is 93.9 Å². The molecule has 4 atom stereocenters. The van der Waals surface area contributed by atoms with E-state index in [-0.39, 0.29) is 37.0 Å². The van der Waals surface area contributed by atoms with Gasteiger partial charge in [0, 0.05) is 44.4 Å². The molecular weight excluding hydrogens is 602 g/mol. The molecule has 12 nitrogen and oxygen atoms in total. The average molecular weight is 642 g/mol. The van der Waals surface area contributed by atoms with Crippen LogP contribution in [0.5, 0.6) is 5.75 Å². The zero-order chi connectivity index (χ0) is 33.5. The molecule has 1 saturated heterocycles. The molecule has 47 heavy (non-hydrogen) atoms. The Balaban J connectivity index is 1.53. The summed E-state index contributed by atoms with van der Waals surface area (Å²) in [6.45, 7) is 2.40. The SMILES string of the molecule is C[C@@H]1NC(=O)[C@@H](Cc2ccccc2)NC(=O)[C@H](CCC(=O)O)N(C)C(=O)c2cncc(c2)-c2cccc(c2)OC[C@@H]2CCCN2C1=O. The minimum absolute atomic E-state index is 0.104. The van der Waals surface area contributed by atoms with Gasteiger partial charge in [0.15, 0.2) is 0 Å². The molecule has 2 aliphatic heterocycles. The number of amides is 4. The molecule has 0 saturated carbocycles. The van der Waals surface area contributed by atoms with Crippen molar-refractivity contribution in [2.75, 3.05) is 20.2 Å². The molecule has 3 heterocycles. The summed E-state index contributed by atoms with van der Waals surface area (Å²) in [4.78, 5) is 73.6. The Hall–Kier alpha value is -5.26. The number of carboxylic acids is 1. The lowest BCUT2D eigenvalue weighted by molar-refractivity contribution is -0.138.